The number of hydrogen-bond acceptors (Lipinski definition) is 1. The molecule has 0 saturated heterocycles. The minimum Gasteiger partial charge on any atom is -0.328 e. The number of nitrogens with one attached hydrogen (secondary N) is 1. The van der Waals surface area contributed by atoms with Crippen LogP contribution < -0.4 is 5.56 Å². The van der Waals surface area contributed by atoms with Gasteiger partial charge < -0.3 is 4.98 Å². The first kappa shape index (κ1) is 10.6. The number of pyridine rings is 1. The molecule has 1 saturated carbocycles. The third kappa shape index (κ3) is 1.88. The normalized spacial score (nSPS) is 17.4. The molecule has 0 aliphatic heterocycles. The molecule has 2 nitrogen and oxygen atoms in total. The van der Waals surface area contributed by atoms with Gasteiger partial charge in [-0.2, -0.15) is 0 Å². The van der Waals surface area contributed by atoms with Crippen molar-refractivity contribution in [2.75, 3.05) is 0 Å². The van der Waals surface area contributed by atoms with Crippen LogP contribution in [0.1, 0.15) is 43.6 Å². The first-order chi connectivity index (χ1) is 8.36. The van der Waals surface area contributed by atoms with Gasteiger partial charge in [0.15, 0.2) is 0 Å². The predicted molar refractivity (Wildman–Crippen MR) is 70.4 cm³/mol. The Labute approximate surface area is 101 Å². The Kier molecular flexibility index (Phi) is 2.71. The topological polar surface area (TPSA) is 32.9 Å². The van der Waals surface area contributed by atoms with Crippen LogP contribution in [0.2, 0.25) is 0 Å². The third-order valence-electron chi connectivity index (χ3n) is 3.89. The molecule has 88 valence electrons. The number of fused-ring (bicyclic) bond motifs is 1. The number of aromatic amines is 1. The number of benzene rings is 1. The van der Waals surface area contributed by atoms with Crippen molar-refractivity contribution in [2.45, 2.75) is 38.0 Å². The summed E-state index contributed by atoms with van der Waals surface area (Å²) in [4.78, 5) is 14.6. The molecular weight excluding hydrogens is 210 g/mol. The van der Waals surface area contributed by atoms with Gasteiger partial charge >= 0.3 is 0 Å². The maximum absolute atomic E-state index is 11.8. The lowest BCUT2D eigenvalue weighted by molar-refractivity contribution is 0.445. The number of hydrogen-bond donors (Lipinski definition) is 1. The van der Waals surface area contributed by atoms with Crippen LogP contribution in [0.4, 0.5) is 0 Å². The summed E-state index contributed by atoms with van der Waals surface area (Å²) >= 11 is 0. The van der Waals surface area contributed by atoms with Crippen LogP contribution in [-0.2, 0) is 0 Å². The second kappa shape index (κ2) is 4.36. The molecule has 0 spiro atoms. The van der Waals surface area contributed by atoms with E-state index in [2.05, 4.69) is 11.1 Å². The Balaban J connectivity index is 2.16. The standard InChI is InChI=1S/C15H17NO/c17-15-13-9-5-4-8-12(13)14(10-16-15)11-6-2-1-3-7-11/h4-5,8-11H,1-3,6-7H2,(H,16,17). The molecule has 1 N–H and O–H groups in total. The van der Waals surface area contributed by atoms with Crippen LogP contribution in [0, 0.1) is 0 Å². The average Bonchev–Trinajstić information content (AvgIpc) is 2.41. The van der Waals surface area contributed by atoms with Crippen molar-refractivity contribution >= 4 is 10.8 Å². The molecule has 0 unspecified atom stereocenters. The summed E-state index contributed by atoms with van der Waals surface area (Å²) < 4.78 is 0. The summed E-state index contributed by atoms with van der Waals surface area (Å²) in [5.74, 6) is 0.630. The van der Waals surface area contributed by atoms with E-state index in [-0.39, 0.29) is 5.56 Å². The minimum absolute atomic E-state index is 0.0279. The van der Waals surface area contributed by atoms with Crippen molar-refractivity contribution < 1.29 is 0 Å². The van der Waals surface area contributed by atoms with Gasteiger partial charge in [0.1, 0.15) is 0 Å². The highest BCUT2D eigenvalue weighted by atomic mass is 16.1. The molecule has 1 fully saturated rings. The first-order valence-corrected chi connectivity index (χ1v) is 6.46. The average molecular weight is 227 g/mol. The zero-order valence-corrected chi connectivity index (χ0v) is 9.91. The molecule has 1 aliphatic carbocycles. The fourth-order valence-corrected chi connectivity index (χ4v) is 2.98. The molecule has 2 heteroatoms. The SMILES string of the molecule is O=c1[nH]cc(C2CCCCC2)c2ccccc12. The Morgan fingerprint density at radius 1 is 1.00 bits per heavy atom. The Bertz CT molecular complexity index is 579. The van der Waals surface area contributed by atoms with Gasteiger partial charge in [0, 0.05) is 11.6 Å². The highest BCUT2D eigenvalue weighted by Gasteiger charge is 2.18. The van der Waals surface area contributed by atoms with E-state index in [1.807, 2.05) is 24.4 Å². The first-order valence-electron chi connectivity index (χ1n) is 6.46. The van der Waals surface area contributed by atoms with E-state index < -0.39 is 0 Å². The summed E-state index contributed by atoms with van der Waals surface area (Å²) in [6.07, 6.45) is 8.45. The highest BCUT2D eigenvalue weighted by Crippen LogP contribution is 2.34. The molecule has 3 rings (SSSR count). The van der Waals surface area contributed by atoms with Crippen molar-refractivity contribution in [2.24, 2.45) is 0 Å². The molecule has 17 heavy (non-hydrogen) atoms. The third-order valence-corrected chi connectivity index (χ3v) is 3.89. The Hall–Kier alpha value is -1.57. The molecule has 1 aliphatic rings. The van der Waals surface area contributed by atoms with Crippen LogP contribution in [0.15, 0.2) is 35.3 Å². The van der Waals surface area contributed by atoms with Crippen molar-refractivity contribution in [1.82, 2.24) is 4.98 Å². The maximum atomic E-state index is 11.8. The van der Waals surface area contributed by atoms with Gasteiger partial charge in [0.2, 0.25) is 0 Å². The summed E-state index contributed by atoms with van der Waals surface area (Å²) in [5.41, 5.74) is 1.36. The monoisotopic (exact) mass is 227 g/mol. The van der Waals surface area contributed by atoms with E-state index in [0.717, 1.165) is 10.8 Å². The second-order valence-corrected chi connectivity index (χ2v) is 4.95. The Morgan fingerprint density at radius 3 is 2.47 bits per heavy atom. The van der Waals surface area contributed by atoms with Crippen molar-refractivity contribution in [3.8, 4) is 0 Å². The lowest BCUT2D eigenvalue weighted by Gasteiger charge is -2.22. The second-order valence-electron chi connectivity index (χ2n) is 4.95. The van der Waals surface area contributed by atoms with Gasteiger partial charge in [-0.25, -0.2) is 0 Å². The number of H-pyrrole nitrogens is 1. The summed E-state index contributed by atoms with van der Waals surface area (Å²) in [5, 5.41) is 1.97. The van der Waals surface area contributed by atoms with Crippen LogP contribution >= 0.6 is 0 Å². The molecule has 1 aromatic heterocycles. The van der Waals surface area contributed by atoms with Gasteiger partial charge in [0.25, 0.3) is 5.56 Å². The van der Waals surface area contributed by atoms with E-state index in [4.69, 9.17) is 0 Å². The lowest BCUT2D eigenvalue weighted by atomic mass is 9.83. The lowest BCUT2D eigenvalue weighted by Crippen LogP contribution is -2.11. The fraction of sp³-hybridized carbons (Fsp3) is 0.400. The summed E-state index contributed by atoms with van der Waals surface area (Å²) in [6, 6.07) is 7.95. The fourth-order valence-electron chi connectivity index (χ4n) is 2.98. The molecule has 0 atom stereocenters. The van der Waals surface area contributed by atoms with E-state index in [1.54, 1.807) is 0 Å². The predicted octanol–water partition coefficient (Wildman–Crippen LogP) is 3.58. The molecule has 1 heterocycles. The van der Waals surface area contributed by atoms with Crippen LogP contribution in [0.3, 0.4) is 0 Å². The molecule has 0 bridgehead atoms. The number of rotatable bonds is 1. The van der Waals surface area contributed by atoms with Crippen LogP contribution in [-0.4, -0.2) is 4.98 Å². The zero-order chi connectivity index (χ0) is 11.7. The van der Waals surface area contributed by atoms with Crippen LogP contribution in [0.25, 0.3) is 10.8 Å². The van der Waals surface area contributed by atoms with Crippen molar-refractivity contribution in [1.29, 1.82) is 0 Å². The molecule has 0 amide bonds. The zero-order valence-electron chi connectivity index (χ0n) is 9.91. The maximum Gasteiger partial charge on any atom is 0.255 e. The van der Waals surface area contributed by atoms with Gasteiger partial charge in [0.05, 0.1) is 0 Å². The van der Waals surface area contributed by atoms with E-state index in [1.165, 1.54) is 37.7 Å². The van der Waals surface area contributed by atoms with E-state index in [9.17, 15) is 4.79 Å². The quantitative estimate of drug-likeness (QED) is 0.793. The van der Waals surface area contributed by atoms with Crippen molar-refractivity contribution in [3.63, 3.8) is 0 Å². The minimum atomic E-state index is 0.0279. The smallest absolute Gasteiger partial charge is 0.255 e. The Morgan fingerprint density at radius 2 is 1.71 bits per heavy atom. The van der Waals surface area contributed by atoms with Crippen molar-refractivity contribution in [3.05, 3.63) is 46.4 Å². The van der Waals surface area contributed by atoms with Gasteiger partial charge in [-0.15, -0.1) is 0 Å². The van der Waals surface area contributed by atoms with Gasteiger partial charge in [-0.05, 0) is 35.8 Å². The van der Waals surface area contributed by atoms with E-state index >= 15 is 0 Å². The largest absolute Gasteiger partial charge is 0.328 e. The molecule has 1 aromatic carbocycles. The summed E-state index contributed by atoms with van der Waals surface area (Å²) in [6.45, 7) is 0. The highest BCUT2D eigenvalue weighted by molar-refractivity contribution is 5.84. The molecular formula is C15H17NO. The van der Waals surface area contributed by atoms with Crippen LogP contribution in [0.5, 0.6) is 0 Å². The molecule has 0 radical (unpaired) electrons. The van der Waals surface area contributed by atoms with E-state index in [0.29, 0.717) is 5.92 Å². The number of aromatic nitrogens is 1. The summed E-state index contributed by atoms with van der Waals surface area (Å²) in [7, 11) is 0. The van der Waals surface area contributed by atoms with Gasteiger partial charge in [-0.1, -0.05) is 37.5 Å². The van der Waals surface area contributed by atoms with Gasteiger partial charge in [-0.3, -0.25) is 4.79 Å². The molecule has 2 aromatic rings.